The van der Waals surface area contributed by atoms with Crippen molar-refractivity contribution in [2.45, 2.75) is 90.9 Å². The van der Waals surface area contributed by atoms with E-state index in [9.17, 15) is 0 Å². The van der Waals surface area contributed by atoms with Crippen LogP contribution in [0, 0.1) is 0 Å². The largest absolute Gasteiger partial charge is 0.310 e. The van der Waals surface area contributed by atoms with Crippen LogP contribution in [0.2, 0.25) is 0 Å². The Morgan fingerprint density at radius 1 is 0.409 bits per heavy atom. The summed E-state index contributed by atoms with van der Waals surface area (Å²) in [6, 6.07) is 68.4. The van der Waals surface area contributed by atoms with Gasteiger partial charge < -0.3 is 14.7 Å². The molecular formula is C62H60BrN3. The molecule has 0 spiro atoms. The summed E-state index contributed by atoms with van der Waals surface area (Å²) in [5, 5.41) is 0. The molecule has 10 rings (SSSR count). The molecular weight excluding hydrogens is 867 g/mol. The molecule has 1 heterocycles. The minimum atomic E-state index is -0.413. The fraction of sp³-hybridized carbons (Fsp3) is 0.226. The van der Waals surface area contributed by atoms with Crippen molar-refractivity contribution >= 4 is 67.1 Å². The molecule has 1 aliphatic heterocycles. The number of benzene rings is 8. The minimum absolute atomic E-state index is 0.0263. The van der Waals surface area contributed by atoms with Crippen molar-refractivity contribution in [3.8, 4) is 11.1 Å². The second-order valence-corrected chi connectivity index (χ2v) is 22.3. The Hall–Kier alpha value is -6.36. The molecule has 2 aliphatic rings. The number of hydrogen-bond acceptors (Lipinski definition) is 3. The summed E-state index contributed by atoms with van der Waals surface area (Å²) in [4.78, 5) is 7.33. The summed E-state index contributed by atoms with van der Waals surface area (Å²) < 4.78 is 1.00. The van der Waals surface area contributed by atoms with E-state index in [0.29, 0.717) is 0 Å². The molecule has 1 aliphatic carbocycles. The SMILES string of the molecule is CC(C)(C)c1ccc(N(c2ccc(C(C)(C)C)cc2)c2cc(C(C)(C)C)cc(N3c4cccc(c4)N(c4ccccc4)c4cccc(c4)C4(C)c5ccccc5-c5ccc3cc54)c2Br)cc1. The molecule has 1 unspecified atom stereocenters. The van der Waals surface area contributed by atoms with E-state index in [-0.39, 0.29) is 16.2 Å². The summed E-state index contributed by atoms with van der Waals surface area (Å²) in [7, 11) is 0. The van der Waals surface area contributed by atoms with Crippen LogP contribution in [0.25, 0.3) is 11.1 Å². The zero-order valence-corrected chi connectivity index (χ0v) is 41.6. The van der Waals surface area contributed by atoms with E-state index in [1.165, 1.54) is 44.5 Å². The molecule has 0 saturated carbocycles. The predicted molar refractivity (Wildman–Crippen MR) is 285 cm³/mol. The third kappa shape index (κ3) is 7.44. The Bertz CT molecular complexity index is 3050. The van der Waals surface area contributed by atoms with Crippen LogP contribution in [0.15, 0.2) is 186 Å². The molecule has 1 atom stereocenters. The fourth-order valence-electron chi connectivity index (χ4n) is 10.1. The zero-order chi connectivity index (χ0) is 46.3. The lowest BCUT2D eigenvalue weighted by Gasteiger charge is -2.36. The average Bonchev–Trinajstić information content (AvgIpc) is 3.55. The van der Waals surface area contributed by atoms with E-state index in [1.54, 1.807) is 0 Å². The molecule has 8 aromatic carbocycles. The van der Waals surface area contributed by atoms with Gasteiger partial charge in [-0.05, 0) is 175 Å². The lowest BCUT2D eigenvalue weighted by atomic mass is 9.74. The van der Waals surface area contributed by atoms with Crippen LogP contribution in [0.5, 0.6) is 0 Å². The van der Waals surface area contributed by atoms with Crippen LogP contribution in [0.4, 0.5) is 51.2 Å². The van der Waals surface area contributed by atoms with Gasteiger partial charge in [0.25, 0.3) is 0 Å². The highest BCUT2D eigenvalue weighted by Gasteiger charge is 2.42. The maximum atomic E-state index is 4.40. The highest BCUT2D eigenvalue weighted by molar-refractivity contribution is 9.10. The van der Waals surface area contributed by atoms with Crippen molar-refractivity contribution in [3.05, 3.63) is 220 Å². The normalized spacial score (nSPS) is 15.5. The predicted octanol–water partition coefficient (Wildman–Crippen LogP) is 18.4. The maximum absolute atomic E-state index is 4.40. The van der Waals surface area contributed by atoms with E-state index >= 15 is 0 Å². The molecule has 0 saturated heterocycles. The van der Waals surface area contributed by atoms with Crippen LogP contribution >= 0.6 is 15.9 Å². The first kappa shape index (κ1) is 43.5. The van der Waals surface area contributed by atoms with E-state index in [4.69, 9.17) is 0 Å². The number of halogens is 1. The van der Waals surface area contributed by atoms with Gasteiger partial charge in [-0.15, -0.1) is 0 Å². The van der Waals surface area contributed by atoms with Gasteiger partial charge in [-0.3, -0.25) is 0 Å². The highest BCUT2D eigenvalue weighted by Crippen LogP contribution is 2.56. The summed E-state index contributed by atoms with van der Waals surface area (Å²) in [6.45, 7) is 23.1. The molecule has 0 fully saturated rings. The van der Waals surface area contributed by atoms with Crippen LogP contribution in [-0.4, -0.2) is 0 Å². The smallest absolute Gasteiger partial charge is 0.0657 e. The Morgan fingerprint density at radius 2 is 0.909 bits per heavy atom. The van der Waals surface area contributed by atoms with Crippen LogP contribution < -0.4 is 14.7 Å². The molecule has 8 aromatic rings. The molecule has 330 valence electrons. The van der Waals surface area contributed by atoms with E-state index < -0.39 is 5.41 Å². The van der Waals surface area contributed by atoms with E-state index in [0.717, 1.165) is 55.7 Å². The first-order valence-corrected chi connectivity index (χ1v) is 24.2. The lowest BCUT2D eigenvalue weighted by molar-refractivity contribution is 0.589. The number of anilines is 9. The maximum Gasteiger partial charge on any atom is 0.0657 e. The molecule has 0 radical (unpaired) electrons. The summed E-state index contributed by atoms with van der Waals surface area (Å²) in [5.74, 6) is 0. The van der Waals surface area contributed by atoms with Crippen LogP contribution in [-0.2, 0) is 21.7 Å². The Labute approximate surface area is 401 Å². The molecule has 0 N–H and O–H groups in total. The summed E-state index contributed by atoms with van der Waals surface area (Å²) in [6.07, 6.45) is 0. The molecule has 6 bridgehead atoms. The number of fused-ring (bicyclic) bond motifs is 9. The summed E-state index contributed by atoms with van der Waals surface area (Å²) >= 11 is 4.40. The number of nitrogens with zero attached hydrogens (tertiary/aromatic N) is 3. The van der Waals surface area contributed by atoms with E-state index in [1.807, 2.05) is 0 Å². The first-order chi connectivity index (χ1) is 31.4. The van der Waals surface area contributed by atoms with Gasteiger partial charge in [0.2, 0.25) is 0 Å². The van der Waals surface area contributed by atoms with Gasteiger partial charge in [0.05, 0.1) is 15.8 Å². The quantitative estimate of drug-likeness (QED) is 0.170. The Balaban J connectivity index is 1.27. The van der Waals surface area contributed by atoms with Gasteiger partial charge >= 0.3 is 0 Å². The number of hydrogen-bond donors (Lipinski definition) is 0. The van der Waals surface area contributed by atoms with Gasteiger partial charge in [0.1, 0.15) is 0 Å². The third-order valence-electron chi connectivity index (χ3n) is 14.0. The van der Waals surface area contributed by atoms with E-state index in [2.05, 4.69) is 282 Å². The van der Waals surface area contributed by atoms with Crippen molar-refractivity contribution in [2.75, 3.05) is 14.7 Å². The average molecular weight is 927 g/mol. The van der Waals surface area contributed by atoms with Crippen molar-refractivity contribution < 1.29 is 0 Å². The molecule has 3 nitrogen and oxygen atoms in total. The monoisotopic (exact) mass is 925 g/mol. The highest BCUT2D eigenvalue weighted by atomic mass is 79.9. The Kier molecular flexibility index (Phi) is 10.5. The lowest BCUT2D eigenvalue weighted by Crippen LogP contribution is -2.24. The van der Waals surface area contributed by atoms with Gasteiger partial charge in [-0.2, -0.15) is 0 Å². The zero-order valence-electron chi connectivity index (χ0n) is 40.0. The van der Waals surface area contributed by atoms with Gasteiger partial charge in [-0.25, -0.2) is 0 Å². The summed E-state index contributed by atoms with van der Waals surface area (Å²) in [5.41, 5.74) is 19.6. The molecule has 66 heavy (non-hydrogen) atoms. The second-order valence-electron chi connectivity index (χ2n) is 21.5. The van der Waals surface area contributed by atoms with Gasteiger partial charge in [0.15, 0.2) is 0 Å². The van der Waals surface area contributed by atoms with Gasteiger partial charge in [0, 0.05) is 45.2 Å². The first-order valence-electron chi connectivity index (χ1n) is 23.4. The molecule has 0 amide bonds. The fourth-order valence-corrected chi connectivity index (χ4v) is 10.7. The number of para-hydroxylation sites is 1. The minimum Gasteiger partial charge on any atom is -0.310 e. The second kappa shape index (κ2) is 15.9. The van der Waals surface area contributed by atoms with Crippen molar-refractivity contribution in [2.24, 2.45) is 0 Å². The van der Waals surface area contributed by atoms with Crippen LogP contribution in [0.1, 0.15) is 103 Å². The topological polar surface area (TPSA) is 9.72 Å². The number of rotatable bonds is 5. The van der Waals surface area contributed by atoms with Crippen molar-refractivity contribution in [1.82, 2.24) is 0 Å². The Morgan fingerprint density at radius 3 is 1.52 bits per heavy atom. The van der Waals surface area contributed by atoms with Crippen molar-refractivity contribution in [3.63, 3.8) is 0 Å². The van der Waals surface area contributed by atoms with Crippen LogP contribution in [0.3, 0.4) is 0 Å². The standard InChI is InChI=1S/C62H60BrN3/c1-59(2,3)41-26-30-46(31-27-41)65(47-32-28-42(29-33-47)60(4,5)6)56-37-44(61(7,8)9)38-57(58(56)63)66-50-23-17-22-49(39-50)64(45-19-12-11-13-20-45)48-21-16-18-43(36-48)62(10)54-25-15-14-24-52(54)53-35-34-51(66)40-55(53)62/h11-40H,1-10H3. The van der Waals surface area contributed by atoms with Gasteiger partial charge in [-0.1, -0.05) is 153 Å². The third-order valence-corrected chi connectivity index (χ3v) is 14.8. The molecule has 0 aromatic heterocycles. The molecule has 4 heteroatoms. The van der Waals surface area contributed by atoms with Crippen molar-refractivity contribution in [1.29, 1.82) is 0 Å².